The molecule has 1 aromatic rings. The van der Waals surface area contributed by atoms with E-state index in [0.717, 1.165) is 25.9 Å². The Morgan fingerprint density at radius 3 is 3.00 bits per heavy atom. The van der Waals surface area contributed by atoms with Crippen molar-refractivity contribution < 1.29 is 9.59 Å². The molecular formula is C12H18N4O2. The lowest BCUT2D eigenvalue weighted by Crippen LogP contribution is -2.43. The van der Waals surface area contributed by atoms with E-state index in [4.69, 9.17) is 0 Å². The van der Waals surface area contributed by atoms with Gasteiger partial charge >= 0.3 is 0 Å². The van der Waals surface area contributed by atoms with Gasteiger partial charge in [0.05, 0.1) is 12.9 Å². The van der Waals surface area contributed by atoms with Crippen molar-refractivity contribution in [1.29, 1.82) is 0 Å². The van der Waals surface area contributed by atoms with Crippen LogP contribution in [0.1, 0.15) is 19.8 Å². The van der Waals surface area contributed by atoms with Crippen LogP contribution in [0.25, 0.3) is 0 Å². The van der Waals surface area contributed by atoms with Gasteiger partial charge in [0.15, 0.2) is 0 Å². The smallest absolute Gasteiger partial charge is 0.242 e. The van der Waals surface area contributed by atoms with E-state index in [1.54, 1.807) is 12.5 Å². The number of aromatic nitrogens is 2. The first-order chi connectivity index (χ1) is 8.66. The first-order valence-corrected chi connectivity index (χ1v) is 6.16. The Hall–Kier alpha value is -1.85. The maximum atomic E-state index is 12.0. The number of hydrogen-bond donors (Lipinski definition) is 1. The molecule has 0 spiro atoms. The Morgan fingerprint density at radius 2 is 2.33 bits per heavy atom. The van der Waals surface area contributed by atoms with Crippen LogP contribution in [-0.2, 0) is 16.1 Å². The highest BCUT2D eigenvalue weighted by atomic mass is 16.2. The van der Waals surface area contributed by atoms with Crippen LogP contribution < -0.4 is 5.32 Å². The first-order valence-electron chi connectivity index (χ1n) is 6.16. The second kappa shape index (κ2) is 5.66. The average molecular weight is 250 g/mol. The zero-order valence-electron chi connectivity index (χ0n) is 10.5. The summed E-state index contributed by atoms with van der Waals surface area (Å²) in [5.41, 5.74) is 0. The molecule has 1 atom stereocenters. The first kappa shape index (κ1) is 12.6. The van der Waals surface area contributed by atoms with E-state index in [1.165, 1.54) is 6.92 Å². The highest BCUT2D eigenvalue weighted by Gasteiger charge is 2.28. The summed E-state index contributed by atoms with van der Waals surface area (Å²) in [4.78, 5) is 28.6. The van der Waals surface area contributed by atoms with E-state index >= 15 is 0 Å². The molecule has 0 radical (unpaired) electrons. The largest absolute Gasteiger partial charge is 0.347 e. The van der Waals surface area contributed by atoms with Crippen molar-refractivity contribution in [1.82, 2.24) is 19.8 Å². The second-order valence-electron chi connectivity index (χ2n) is 4.55. The van der Waals surface area contributed by atoms with Crippen LogP contribution in [0.15, 0.2) is 18.7 Å². The van der Waals surface area contributed by atoms with Crippen LogP contribution >= 0.6 is 0 Å². The number of nitrogens with zero attached hydrogens (tertiary/aromatic N) is 3. The average Bonchev–Trinajstić information content (AvgIpc) is 2.97. The van der Waals surface area contributed by atoms with Crippen LogP contribution in [0.4, 0.5) is 0 Å². The van der Waals surface area contributed by atoms with Gasteiger partial charge in [0.25, 0.3) is 0 Å². The monoisotopic (exact) mass is 250 g/mol. The predicted octanol–water partition coefficient (Wildman–Crippen LogP) is 0.0102. The Kier molecular flexibility index (Phi) is 3.96. The Morgan fingerprint density at radius 1 is 1.50 bits per heavy atom. The zero-order chi connectivity index (χ0) is 13.0. The minimum Gasteiger partial charge on any atom is -0.347 e. The van der Waals surface area contributed by atoms with Crippen molar-refractivity contribution in [3.63, 3.8) is 0 Å². The summed E-state index contributed by atoms with van der Waals surface area (Å²) in [6.07, 6.45) is 7.41. The third-order valence-electron chi connectivity index (χ3n) is 3.17. The summed E-state index contributed by atoms with van der Waals surface area (Å²) >= 11 is 0. The van der Waals surface area contributed by atoms with E-state index in [0.29, 0.717) is 0 Å². The van der Waals surface area contributed by atoms with Crippen LogP contribution in [0.2, 0.25) is 0 Å². The molecule has 6 nitrogen and oxygen atoms in total. The lowest BCUT2D eigenvalue weighted by Gasteiger charge is -2.25. The molecule has 18 heavy (non-hydrogen) atoms. The number of hydrogen-bond acceptors (Lipinski definition) is 3. The quantitative estimate of drug-likeness (QED) is 0.818. The number of rotatable bonds is 4. The van der Waals surface area contributed by atoms with Crippen LogP contribution in [0.3, 0.4) is 0 Å². The summed E-state index contributed by atoms with van der Waals surface area (Å²) < 4.78 is 1.98. The molecule has 0 saturated carbocycles. The number of likely N-dealkylation sites (tertiary alicyclic amines) is 1. The van der Waals surface area contributed by atoms with Crippen molar-refractivity contribution in [2.45, 2.75) is 32.4 Å². The van der Waals surface area contributed by atoms with Crippen molar-refractivity contribution in [2.75, 3.05) is 13.1 Å². The van der Waals surface area contributed by atoms with Gasteiger partial charge in [0, 0.05) is 38.4 Å². The molecule has 2 amide bonds. The number of imidazole rings is 1. The van der Waals surface area contributed by atoms with Crippen molar-refractivity contribution in [3.8, 4) is 0 Å². The third-order valence-corrected chi connectivity index (χ3v) is 3.17. The topological polar surface area (TPSA) is 67.2 Å². The lowest BCUT2D eigenvalue weighted by molar-refractivity contribution is -0.133. The maximum Gasteiger partial charge on any atom is 0.242 e. The van der Waals surface area contributed by atoms with Crippen LogP contribution in [0, 0.1) is 0 Å². The number of carbonyl (C=O) groups excluding carboxylic acids is 2. The number of carbonyl (C=O) groups is 2. The lowest BCUT2D eigenvalue weighted by atomic mass is 10.2. The Bertz CT molecular complexity index is 416. The van der Waals surface area contributed by atoms with Gasteiger partial charge in [-0.2, -0.15) is 0 Å². The molecule has 0 bridgehead atoms. The third kappa shape index (κ3) is 3.09. The van der Waals surface area contributed by atoms with Gasteiger partial charge in [-0.05, 0) is 12.8 Å². The van der Waals surface area contributed by atoms with E-state index in [9.17, 15) is 9.59 Å². The molecule has 1 fully saturated rings. The molecule has 1 N–H and O–H groups in total. The molecule has 0 aliphatic carbocycles. The number of amides is 2. The van der Waals surface area contributed by atoms with E-state index in [1.807, 2.05) is 15.7 Å². The van der Waals surface area contributed by atoms with Gasteiger partial charge in [-0.1, -0.05) is 0 Å². The summed E-state index contributed by atoms with van der Waals surface area (Å²) in [6.45, 7) is 3.06. The van der Waals surface area contributed by atoms with E-state index < -0.39 is 0 Å². The molecule has 1 aliphatic heterocycles. The predicted molar refractivity (Wildman–Crippen MR) is 65.6 cm³/mol. The molecule has 98 valence electrons. The second-order valence-corrected chi connectivity index (χ2v) is 4.55. The minimum absolute atomic E-state index is 0.00665. The fourth-order valence-corrected chi connectivity index (χ4v) is 2.29. The molecule has 1 aromatic heterocycles. The fraction of sp³-hybridized carbons (Fsp3) is 0.583. The molecule has 1 aliphatic rings. The zero-order valence-corrected chi connectivity index (χ0v) is 10.5. The van der Waals surface area contributed by atoms with Gasteiger partial charge in [-0.25, -0.2) is 4.98 Å². The number of nitrogens with one attached hydrogen (secondary N) is 1. The van der Waals surface area contributed by atoms with Gasteiger partial charge in [-0.3, -0.25) is 9.59 Å². The standard InChI is InChI=1S/C12H18N4O2/c1-10(17)14-7-12(18)16-5-2-3-11(16)8-15-6-4-13-9-15/h4,6,9,11H,2-3,5,7-8H2,1H3,(H,14,17)/t11-/m1/s1. The summed E-state index contributed by atoms with van der Waals surface area (Å²) in [7, 11) is 0. The minimum atomic E-state index is -0.172. The highest BCUT2D eigenvalue weighted by Crippen LogP contribution is 2.18. The molecule has 2 heterocycles. The van der Waals surface area contributed by atoms with Gasteiger partial charge < -0.3 is 14.8 Å². The van der Waals surface area contributed by atoms with Crippen LogP contribution in [-0.4, -0.2) is 45.4 Å². The van der Waals surface area contributed by atoms with Crippen molar-refractivity contribution in [3.05, 3.63) is 18.7 Å². The molecule has 2 rings (SSSR count). The van der Waals surface area contributed by atoms with Gasteiger partial charge in [-0.15, -0.1) is 0 Å². The highest BCUT2D eigenvalue weighted by molar-refractivity contribution is 5.84. The summed E-state index contributed by atoms with van der Waals surface area (Å²) in [5, 5.41) is 2.55. The van der Waals surface area contributed by atoms with Crippen LogP contribution in [0.5, 0.6) is 0 Å². The molecule has 0 unspecified atom stereocenters. The van der Waals surface area contributed by atoms with Crippen molar-refractivity contribution in [2.24, 2.45) is 0 Å². The molecular weight excluding hydrogens is 232 g/mol. The SMILES string of the molecule is CC(=O)NCC(=O)N1CCC[C@@H]1Cn1ccnc1. The Labute approximate surface area is 106 Å². The maximum absolute atomic E-state index is 12.0. The summed E-state index contributed by atoms with van der Waals surface area (Å²) in [6, 6.07) is 0.209. The molecule has 0 aromatic carbocycles. The van der Waals surface area contributed by atoms with E-state index in [-0.39, 0.29) is 24.4 Å². The Balaban J connectivity index is 1.90. The molecule has 1 saturated heterocycles. The normalized spacial score (nSPS) is 18.9. The van der Waals surface area contributed by atoms with Crippen molar-refractivity contribution >= 4 is 11.8 Å². The van der Waals surface area contributed by atoms with E-state index in [2.05, 4.69) is 10.3 Å². The molecule has 6 heteroatoms. The van der Waals surface area contributed by atoms with Gasteiger partial charge in [0.2, 0.25) is 11.8 Å². The summed E-state index contributed by atoms with van der Waals surface area (Å²) in [5.74, 6) is -0.179. The van der Waals surface area contributed by atoms with Gasteiger partial charge in [0.1, 0.15) is 0 Å². The fourth-order valence-electron chi connectivity index (χ4n) is 2.29.